The van der Waals surface area contributed by atoms with Crippen molar-refractivity contribution in [2.24, 2.45) is 5.92 Å². The molecule has 28 heavy (non-hydrogen) atoms. The van der Waals surface area contributed by atoms with Gasteiger partial charge in [-0.25, -0.2) is 4.79 Å². The van der Waals surface area contributed by atoms with Gasteiger partial charge in [-0.2, -0.15) is 4.68 Å². The number of carbonyl (C=O) groups is 1. The molecule has 0 saturated carbocycles. The number of hydrogen-bond donors (Lipinski definition) is 1. The average Bonchev–Trinajstić information content (AvgIpc) is 3.14. The minimum atomic E-state index is -0.544. The van der Waals surface area contributed by atoms with Gasteiger partial charge in [-0.15, -0.1) is 0 Å². The van der Waals surface area contributed by atoms with Crippen molar-refractivity contribution < 1.29 is 19.0 Å². The van der Waals surface area contributed by atoms with E-state index in [-0.39, 0.29) is 0 Å². The lowest BCUT2D eigenvalue weighted by Gasteiger charge is -2.27. The zero-order valence-corrected chi connectivity index (χ0v) is 16.7. The van der Waals surface area contributed by atoms with Crippen LogP contribution in [0.1, 0.15) is 38.8 Å². The molecule has 9 nitrogen and oxygen atoms in total. The minimum Gasteiger partial charge on any atom is -0.493 e. The third kappa shape index (κ3) is 3.78. The van der Waals surface area contributed by atoms with E-state index in [1.807, 2.05) is 18.2 Å². The number of hydrogen-bond acceptors (Lipinski definition) is 8. The first kappa shape index (κ1) is 19.7. The lowest BCUT2D eigenvalue weighted by Crippen LogP contribution is -2.29. The van der Waals surface area contributed by atoms with E-state index in [0.717, 1.165) is 12.0 Å². The number of allylic oxidation sites excluding steroid dienone is 1. The predicted octanol–water partition coefficient (Wildman–Crippen LogP) is 2.57. The van der Waals surface area contributed by atoms with Gasteiger partial charge in [0.2, 0.25) is 5.95 Å². The van der Waals surface area contributed by atoms with Crippen LogP contribution < -0.4 is 14.8 Å². The third-order valence-electron chi connectivity index (χ3n) is 4.58. The average molecular weight is 387 g/mol. The van der Waals surface area contributed by atoms with Gasteiger partial charge in [0.25, 0.3) is 0 Å². The van der Waals surface area contributed by atoms with Crippen LogP contribution >= 0.6 is 0 Å². The SMILES string of the molecule is COC(=O)C1=C(C)Nc2nnnn2C1c1ccc(OCCC(C)C)c(OC)c1. The van der Waals surface area contributed by atoms with Crippen molar-refractivity contribution in [3.8, 4) is 11.5 Å². The van der Waals surface area contributed by atoms with E-state index in [1.165, 1.54) is 7.11 Å². The molecule has 1 aliphatic rings. The summed E-state index contributed by atoms with van der Waals surface area (Å²) in [6, 6.07) is 5.01. The molecular weight excluding hydrogens is 362 g/mol. The van der Waals surface area contributed by atoms with E-state index in [9.17, 15) is 4.79 Å². The lowest BCUT2D eigenvalue weighted by atomic mass is 9.95. The Bertz CT molecular complexity index is 890. The van der Waals surface area contributed by atoms with Crippen LogP contribution in [0.25, 0.3) is 0 Å². The van der Waals surface area contributed by atoms with E-state index >= 15 is 0 Å². The molecule has 0 spiro atoms. The van der Waals surface area contributed by atoms with Crippen LogP contribution in [-0.2, 0) is 9.53 Å². The van der Waals surface area contributed by atoms with E-state index in [1.54, 1.807) is 18.7 Å². The molecule has 0 aliphatic carbocycles. The second-order valence-corrected chi connectivity index (χ2v) is 6.95. The van der Waals surface area contributed by atoms with Crippen LogP contribution in [0.5, 0.6) is 11.5 Å². The molecule has 0 saturated heterocycles. The van der Waals surface area contributed by atoms with Crippen molar-refractivity contribution in [1.29, 1.82) is 0 Å². The molecule has 1 N–H and O–H groups in total. The highest BCUT2D eigenvalue weighted by atomic mass is 16.5. The molecule has 0 fully saturated rings. The fourth-order valence-corrected chi connectivity index (χ4v) is 3.07. The van der Waals surface area contributed by atoms with Gasteiger partial charge in [0.15, 0.2) is 11.5 Å². The molecule has 0 bridgehead atoms. The van der Waals surface area contributed by atoms with Gasteiger partial charge in [-0.1, -0.05) is 25.0 Å². The highest BCUT2D eigenvalue weighted by Gasteiger charge is 2.35. The van der Waals surface area contributed by atoms with E-state index in [2.05, 4.69) is 34.7 Å². The largest absolute Gasteiger partial charge is 0.493 e. The number of nitrogens with zero attached hydrogens (tertiary/aromatic N) is 4. The second kappa shape index (κ2) is 8.28. The topological polar surface area (TPSA) is 100 Å². The number of fused-ring (bicyclic) bond motifs is 1. The van der Waals surface area contributed by atoms with Gasteiger partial charge in [0.1, 0.15) is 6.04 Å². The number of ether oxygens (including phenoxy) is 3. The first-order valence-electron chi connectivity index (χ1n) is 9.11. The molecule has 0 radical (unpaired) electrons. The predicted molar refractivity (Wildman–Crippen MR) is 102 cm³/mol. The maximum absolute atomic E-state index is 12.5. The smallest absolute Gasteiger partial charge is 0.338 e. The molecule has 3 rings (SSSR count). The lowest BCUT2D eigenvalue weighted by molar-refractivity contribution is -0.136. The number of methoxy groups -OCH3 is 2. The molecule has 2 heterocycles. The number of benzene rings is 1. The first-order valence-corrected chi connectivity index (χ1v) is 9.11. The van der Waals surface area contributed by atoms with Crippen LogP contribution in [0, 0.1) is 5.92 Å². The molecule has 2 aromatic rings. The van der Waals surface area contributed by atoms with Crippen molar-refractivity contribution in [3.05, 3.63) is 35.0 Å². The summed E-state index contributed by atoms with van der Waals surface area (Å²) >= 11 is 0. The minimum absolute atomic E-state index is 0.429. The highest BCUT2D eigenvalue weighted by Crippen LogP contribution is 2.38. The normalized spacial score (nSPS) is 15.9. The molecule has 0 amide bonds. The Labute approximate surface area is 163 Å². The molecule has 1 unspecified atom stereocenters. The van der Waals surface area contributed by atoms with Gasteiger partial charge in [0.05, 0.1) is 26.4 Å². The van der Waals surface area contributed by atoms with Gasteiger partial charge in [-0.05, 0) is 47.4 Å². The molecule has 9 heteroatoms. The summed E-state index contributed by atoms with van der Waals surface area (Å²) in [7, 11) is 2.93. The molecular formula is C19H25N5O4. The summed E-state index contributed by atoms with van der Waals surface area (Å²) < 4.78 is 17.9. The highest BCUT2D eigenvalue weighted by molar-refractivity contribution is 5.92. The number of carbonyl (C=O) groups excluding carboxylic acids is 1. The number of nitrogens with one attached hydrogen (secondary N) is 1. The Balaban J connectivity index is 2.00. The van der Waals surface area contributed by atoms with Gasteiger partial charge in [-0.3, -0.25) is 0 Å². The van der Waals surface area contributed by atoms with Gasteiger partial charge < -0.3 is 19.5 Å². The monoisotopic (exact) mass is 387 g/mol. The molecule has 1 aromatic heterocycles. The van der Waals surface area contributed by atoms with Crippen LogP contribution in [0.4, 0.5) is 5.95 Å². The quantitative estimate of drug-likeness (QED) is 0.724. The Morgan fingerprint density at radius 2 is 2.07 bits per heavy atom. The Morgan fingerprint density at radius 1 is 1.29 bits per heavy atom. The first-order chi connectivity index (χ1) is 13.5. The van der Waals surface area contributed by atoms with E-state index < -0.39 is 12.0 Å². The fraction of sp³-hybridized carbons (Fsp3) is 0.474. The van der Waals surface area contributed by atoms with Gasteiger partial charge in [0, 0.05) is 5.70 Å². The summed E-state index contributed by atoms with van der Waals surface area (Å²) in [5.74, 6) is 1.78. The van der Waals surface area contributed by atoms with E-state index in [0.29, 0.717) is 41.2 Å². The molecule has 1 aromatic carbocycles. The van der Waals surface area contributed by atoms with Crippen LogP contribution in [0.15, 0.2) is 29.5 Å². The summed E-state index contributed by atoms with van der Waals surface area (Å²) in [6.45, 7) is 6.68. The van der Waals surface area contributed by atoms with Crippen molar-refractivity contribution in [2.75, 3.05) is 26.1 Å². The molecule has 150 valence electrons. The summed E-state index contributed by atoms with van der Waals surface area (Å²) in [6.07, 6.45) is 0.946. The maximum atomic E-state index is 12.5. The maximum Gasteiger partial charge on any atom is 0.338 e. The third-order valence-corrected chi connectivity index (χ3v) is 4.58. The Kier molecular flexibility index (Phi) is 5.81. The summed E-state index contributed by atoms with van der Waals surface area (Å²) in [4.78, 5) is 12.5. The number of anilines is 1. The van der Waals surface area contributed by atoms with Crippen molar-refractivity contribution in [2.45, 2.75) is 33.2 Å². The Hall–Kier alpha value is -3.10. The van der Waals surface area contributed by atoms with Crippen molar-refractivity contribution in [1.82, 2.24) is 20.2 Å². The number of esters is 1. The van der Waals surface area contributed by atoms with Gasteiger partial charge >= 0.3 is 5.97 Å². The Morgan fingerprint density at radius 3 is 2.75 bits per heavy atom. The van der Waals surface area contributed by atoms with Crippen molar-refractivity contribution >= 4 is 11.9 Å². The van der Waals surface area contributed by atoms with E-state index in [4.69, 9.17) is 14.2 Å². The number of tetrazole rings is 1. The van der Waals surface area contributed by atoms with Crippen LogP contribution in [0.3, 0.4) is 0 Å². The van der Waals surface area contributed by atoms with Crippen LogP contribution in [-0.4, -0.2) is 47.0 Å². The number of aromatic nitrogens is 4. The second-order valence-electron chi connectivity index (χ2n) is 6.95. The summed E-state index contributed by atoms with van der Waals surface area (Å²) in [5, 5.41) is 14.8. The number of rotatable bonds is 7. The van der Waals surface area contributed by atoms with Crippen LogP contribution in [0.2, 0.25) is 0 Å². The standard InChI is InChI=1S/C19H25N5O4/c1-11(2)8-9-28-14-7-6-13(10-15(14)26-4)17-16(18(25)27-5)12(3)20-19-21-22-23-24(17)19/h6-7,10-11,17H,8-9H2,1-5H3,(H,20,21,23). The zero-order valence-electron chi connectivity index (χ0n) is 16.7. The fourth-order valence-electron chi connectivity index (χ4n) is 3.07. The van der Waals surface area contributed by atoms with Crippen molar-refractivity contribution in [3.63, 3.8) is 0 Å². The molecule has 1 aliphatic heterocycles. The summed E-state index contributed by atoms with van der Waals surface area (Å²) in [5.41, 5.74) is 1.84. The zero-order chi connectivity index (χ0) is 20.3. The molecule has 1 atom stereocenters.